The van der Waals surface area contributed by atoms with Crippen LogP contribution < -0.4 is 11.1 Å². The molecule has 0 bridgehead atoms. The highest BCUT2D eigenvalue weighted by Crippen LogP contribution is 2.17. The number of nitrogens with one attached hydrogen (secondary N) is 1. The number of halogens is 2. The van der Waals surface area contributed by atoms with E-state index in [0.29, 0.717) is 16.8 Å². The number of aromatic nitrogens is 2. The Kier molecular flexibility index (Phi) is 3.43. The van der Waals surface area contributed by atoms with Crippen molar-refractivity contribution in [1.82, 2.24) is 15.5 Å². The summed E-state index contributed by atoms with van der Waals surface area (Å²) in [6, 6.07) is 1.49. The Morgan fingerprint density at radius 2 is 2.32 bits per heavy atom. The molecular weight excluding hydrogens is 258 g/mol. The van der Waals surface area contributed by atoms with Crippen LogP contribution in [0.4, 0.5) is 8.78 Å². The minimum Gasteiger partial charge on any atom is -0.346 e. The van der Waals surface area contributed by atoms with Gasteiger partial charge < -0.3 is 15.6 Å². The molecule has 0 fully saturated rings. The third-order valence-corrected chi connectivity index (χ3v) is 2.58. The SMILES string of the molecule is Cc1noc2ncc(C(=O)NCC(F)(F)CN)cc12. The molecule has 0 aliphatic carbocycles. The van der Waals surface area contributed by atoms with Gasteiger partial charge in [-0.2, -0.15) is 0 Å². The number of aryl methyl sites for hydroxylation is 1. The number of carbonyl (C=O) groups excluding carboxylic acids is 1. The fourth-order valence-corrected chi connectivity index (χ4v) is 1.45. The first-order valence-electron chi connectivity index (χ1n) is 5.51. The average Bonchev–Trinajstić information content (AvgIpc) is 2.77. The molecule has 1 amide bonds. The van der Waals surface area contributed by atoms with E-state index in [0.717, 1.165) is 0 Å². The first-order chi connectivity index (χ1) is 8.93. The minimum absolute atomic E-state index is 0.159. The lowest BCUT2D eigenvalue weighted by Gasteiger charge is -2.14. The van der Waals surface area contributed by atoms with E-state index < -0.39 is 24.9 Å². The summed E-state index contributed by atoms with van der Waals surface area (Å²) < 4.78 is 30.7. The molecule has 0 aromatic carbocycles. The number of fused-ring (bicyclic) bond motifs is 1. The monoisotopic (exact) mass is 270 g/mol. The number of nitrogens with two attached hydrogens (primary N) is 1. The van der Waals surface area contributed by atoms with E-state index in [1.54, 1.807) is 6.92 Å². The summed E-state index contributed by atoms with van der Waals surface area (Å²) in [5.41, 5.74) is 5.90. The number of carbonyl (C=O) groups is 1. The van der Waals surface area contributed by atoms with Gasteiger partial charge in [-0.05, 0) is 13.0 Å². The maximum Gasteiger partial charge on any atom is 0.277 e. The summed E-state index contributed by atoms with van der Waals surface area (Å²) in [6.07, 6.45) is 1.24. The highest BCUT2D eigenvalue weighted by atomic mass is 19.3. The van der Waals surface area contributed by atoms with Gasteiger partial charge in [-0.1, -0.05) is 5.16 Å². The van der Waals surface area contributed by atoms with Gasteiger partial charge in [0.25, 0.3) is 17.5 Å². The van der Waals surface area contributed by atoms with Gasteiger partial charge in [0.05, 0.1) is 29.7 Å². The number of pyridine rings is 1. The van der Waals surface area contributed by atoms with Crippen molar-refractivity contribution < 1.29 is 18.1 Å². The Bertz CT molecular complexity index is 612. The van der Waals surface area contributed by atoms with Crippen LogP contribution in [-0.4, -0.2) is 35.1 Å². The predicted molar refractivity (Wildman–Crippen MR) is 62.9 cm³/mol. The van der Waals surface area contributed by atoms with Crippen LogP contribution in [0.15, 0.2) is 16.8 Å². The van der Waals surface area contributed by atoms with Crippen molar-refractivity contribution in [2.24, 2.45) is 5.73 Å². The summed E-state index contributed by atoms with van der Waals surface area (Å²) in [7, 11) is 0. The van der Waals surface area contributed by atoms with Crippen LogP contribution in [0.3, 0.4) is 0 Å². The van der Waals surface area contributed by atoms with Crippen molar-refractivity contribution in [3.63, 3.8) is 0 Å². The molecular formula is C11H12F2N4O2. The van der Waals surface area contributed by atoms with Crippen molar-refractivity contribution in [2.45, 2.75) is 12.8 Å². The van der Waals surface area contributed by atoms with E-state index in [-0.39, 0.29) is 5.56 Å². The quantitative estimate of drug-likeness (QED) is 0.859. The third kappa shape index (κ3) is 2.84. The second kappa shape index (κ2) is 4.88. The second-order valence-corrected chi connectivity index (χ2v) is 4.09. The van der Waals surface area contributed by atoms with Gasteiger partial charge in [-0.15, -0.1) is 0 Å². The number of hydrogen-bond donors (Lipinski definition) is 2. The predicted octanol–water partition coefficient (Wildman–Crippen LogP) is 0.855. The van der Waals surface area contributed by atoms with Gasteiger partial charge in [-0.25, -0.2) is 13.8 Å². The molecule has 102 valence electrons. The van der Waals surface area contributed by atoms with E-state index in [1.807, 2.05) is 0 Å². The van der Waals surface area contributed by atoms with E-state index >= 15 is 0 Å². The topological polar surface area (TPSA) is 94.0 Å². The number of amides is 1. The molecule has 8 heteroatoms. The van der Waals surface area contributed by atoms with Gasteiger partial charge in [0.1, 0.15) is 0 Å². The molecule has 0 aliphatic rings. The molecule has 0 unspecified atom stereocenters. The highest BCUT2D eigenvalue weighted by molar-refractivity contribution is 5.96. The van der Waals surface area contributed by atoms with Crippen molar-refractivity contribution in [3.8, 4) is 0 Å². The van der Waals surface area contributed by atoms with E-state index in [1.165, 1.54) is 12.3 Å². The van der Waals surface area contributed by atoms with Crippen molar-refractivity contribution in [2.75, 3.05) is 13.1 Å². The molecule has 2 aromatic heterocycles. The molecule has 0 radical (unpaired) electrons. The van der Waals surface area contributed by atoms with Crippen LogP contribution >= 0.6 is 0 Å². The summed E-state index contributed by atoms with van der Waals surface area (Å²) >= 11 is 0. The zero-order valence-corrected chi connectivity index (χ0v) is 10.1. The van der Waals surface area contributed by atoms with E-state index in [4.69, 9.17) is 10.3 Å². The smallest absolute Gasteiger partial charge is 0.277 e. The zero-order valence-electron chi connectivity index (χ0n) is 10.1. The number of hydrogen-bond acceptors (Lipinski definition) is 5. The second-order valence-electron chi connectivity index (χ2n) is 4.09. The van der Waals surface area contributed by atoms with Crippen molar-refractivity contribution in [3.05, 3.63) is 23.5 Å². The Labute approximate surface area is 107 Å². The largest absolute Gasteiger partial charge is 0.346 e. The molecule has 0 aliphatic heterocycles. The number of alkyl halides is 2. The molecule has 0 atom stereocenters. The molecule has 19 heavy (non-hydrogen) atoms. The molecule has 0 saturated heterocycles. The van der Waals surface area contributed by atoms with Crippen LogP contribution in [0.2, 0.25) is 0 Å². The maximum atomic E-state index is 12.9. The molecule has 2 heterocycles. The fourth-order valence-electron chi connectivity index (χ4n) is 1.45. The number of nitrogens with zero attached hydrogens (tertiary/aromatic N) is 2. The lowest BCUT2D eigenvalue weighted by molar-refractivity contribution is 0.0118. The molecule has 2 aromatic rings. The van der Waals surface area contributed by atoms with Gasteiger partial charge >= 0.3 is 0 Å². The lowest BCUT2D eigenvalue weighted by atomic mass is 10.2. The Hall–Kier alpha value is -2.09. The van der Waals surface area contributed by atoms with Crippen LogP contribution in [0.5, 0.6) is 0 Å². The van der Waals surface area contributed by atoms with Crippen molar-refractivity contribution in [1.29, 1.82) is 0 Å². The Balaban J connectivity index is 2.15. The Morgan fingerprint density at radius 1 is 1.58 bits per heavy atom. The van der Waals surface area contributed by atoms with Crippen LogP contribution in [0, 0.1) is 6.92 Å². The first kappa shape index (κ1) is 13.3. The third-order valence-electron chi connectivity index (χ3n) is 2.58. The van der Waals surface area contributed by atoms with Gasteiger partial charge in [0, 0.05) is 6.20 Å². The highest BCUT2D eigenvalue weighted by Gasteiger charge is 2.27. The zero-order chi connectivity index (χ0) is 14.0. The standard InChI is InChI=1S/C11H12F2N4O2/c1-6-8-2-7(3-15-10(8)19-17-6)9(18)16-5-11(12,13)4-14/h2-3H,4-5,14H2,1H3,(H,16,18). The van der Waals surface area contributed by atoms with Crippen molar-refractivity contribution >= 4 is 17.0 Å². The lowest BCUT2D eigenvalue weighted by Crippen LogP contribution is -2.41. The maximum absolute atomic E-state index is 12.9. The van der Waals surface area contributed by atoms with E-state index in [2.05, 4.69) is 15.5 Å². The molecule has 6 nitrogen and oxygen atoms in total. The van der Waals surface area contributed by atoms with Crippen LogP contribution in [0.1, 0.15) is 16.1 Å². The fraction of sp³-hybridized carbons (Fsp3) is 0.364. The minimum atomic E-state index is -3.12. The summed E-state index contributed by atoms with van der Waals surface area (Å²) in [6.45, 7) is 0.0517. The van der Waals surface area contributed by atoms with Crippen LogP contribution in [0.25, 0.3) is 11.1 Å². The summed E-state index contributed by atoms with van der Waals surface area (Å²) in [4.78, 5) is 15.6. The first-order valence-corrected chi connectivity index (χ1v) is 5.51. The Morgan fingerprint density at radius 3 is 3.00 bits per heavy atom. The average molecular weight is 270 g/mol. The molecule has 0 saturated carbocycles. The van der Waals surface area contributed by atoms with Gasteiger partial charge in [0.2, 0.25) is 0 Å². The van der Waals surface area contributed by atoms with Crippen LogP contribution in [-0.2, 0) is 0 Å². The summed E-state index contributed by atoms with van der Waals surface area (Å²) in [5, 5.41) is 6.36. The molecule has 0 spiro atoms. The molecule has 3 N–H and O–H groups in total. The number of rotatable bonds is 4. The van der Waals surface area contributed by atoms with E-state index in [9.17, 15) is 13.6 Å². The van der Waals surface area contributed by atoms with Gasteiger partial charge in [-0.3, -0.25) is 4.79 Å². The summed E-state index contributed by atoms with van der Waals surface area (Å²) in [5.74, 6) is -3.77. The normalized spacial score (nSPS) is 11.8. The molecule has 2 rings (SSSR count). The van der Waals surface area contributed by atoms with Gasteiger partial charge in [0.15, 0.2) is 0 Å².